The Kier molecular flexibility index (Phi) is 3.85. The van der Waals surface area contributed by atoms with Crippen LogP contribution in [-0.2, 0) is 24.2 Å². The number of nitrogens with one attached hydrogen (secondary N) is 1. The van der Waals surface area contributed by atoms with E-state index in [0.29, 0.717) is 6.61 Å². The van der Waals surface area contributed by atoms with Gasteiger partial charge in [-0.2, -0.15) is 0 Å². The van der Waals surface area contributed by atoms with Crippen molar-refractivity contribution in [2.24, 2.45) is 0 Å². The van der Waals surface area contributed by atoms with Crippen molar-refractivity contribution in [1.29, 1.82) is 0 Å². The molecular formula is C12H19N3O. The first-order chi connectivity index (χ1) is 7.81. The van der Waals surface area contributed by atoms with Gasteiger partial charge in [0.2, 0.25) is 0 Å². The molecule has 1 aliphatic heterocycles. The molecule has 0 spiro atoms. The zero-order valence-corrected chi connectivity index (χ0v) is 10.0. The predicted octanol–water partition coefficient (Wildman–Crippen LogP) is 1.01. The molecular weight excluding hydrogens is 202 g/mol. The van der Waals surface area contributed by atoms with Crippen molar-refractivity contribution in [3.05, 3.63) is 22.8 Å². The first-order valence-electron chi connectivity index (χ1n) is 5.89. The van der Waals surface area contributed by atoms with E-state index in [4.69, 9.17) is 4.74 Å². The fraction of sp³-hybridized carbons (Fsp3) is 0.667. The predicted molar refractivity (Wildman–Crippen MR) is 62.4 cm³/mol. The summed E-state index contributed by atoms with van der Waals surface area (Å²) in [7, 11) is 1.97. The van der Waals surface area contributed by atoms with Crippen molar-refractivity contribution in [2.75, 3.05) is 20.2 Å². The molecule has 88 valence electrons. The van der Waals surface area contributed by atoms with Crippen LogP contribution < -0.4 is 5.32 Å². The summed E-state index contributed by atoms with van der Waals surface area (Å²) < 4.78 is 5.43. The maximum Gasteiger partial charge on any atom is 0.129 e. The maximum atomic E-state index is 5.43. The van der Waals surface area contributed by atoms with Crippen LogP contribution >= 0.6 is 0 Å². The molecule has 1 aromatic rings. The van der Waals surface area contributed by atoms with Crippen LogP contribution in [0.1, 0.15) is 29.2 Å². The fourth-order valence-corrected chi connectivity index (χ4v) is 2.04. The fourth-order valence-electron chi connectivity index (χ4n) is 2.04. The van der Waals surface area contributed by atoms with E-state index < -0.39 is 0 Å². The molecule has 0 aromatic carbocycles. The first-order valence-corrected chi connectivity index (χ1v) is 5.89. The van der Waals surface area contributed by atoms with Gasteiger partial charge >= 0.3 is 0 Å². The van der Waals surface area contributed by atoms with Crippen LogP contribution in [0.4, 0.5) is 0 Å². The Balaban J connectivity index is 2.12. The third-order valence-corrected chi connectivity index (χ3v) is 2.91. The molecule has 0 radical (unpaired) electrons. The maximum absolute atomic E-state index is 5.43. The lowest BCUT2D eigenvalue weighted by atomic mass is 10.1. The van der Waals surface area contributed by atoms with Crippen LogP contribution in [0, 0.1) is 6.92 Å². The van der Waals surface area contributed by atoms with E-state index in [2.05, 4.69) is 22.2 Å². The Hall–Kier alpha value is -1.00. The Morgan fingerprint density at radius 1 is 1.38 bits per heavy atom. The Labute approximate surface area is 96.4 Å². The van der Waals surface area contributed by atoms with Gasteiger partial charge in [0, 0.05) is 12.1 Å². The summed E-state index contributed by atoms with van der Waals surface area (Å²) >= 11 is 0. The number of ether oxygens (including phenoxy) is 1. The molecule has 0 fully saturated rings. The molecule has 1 aromatic heterocycles. The van der Waals surface area contributed by atoms with E-state index in [-0.39, 0.29) is 0 Å². The minimum atomic E-state index is 0.651. The Bertz CT molecular complexity index is 366. The van der Waals surface area contributed by atoms with Gasteiger partial charge < -0.3 is 10.1 Å². The molecule has 0 amide bonds. The highest BCUT2D eigenvalue weighted by molar-refractivity contribution is 5.26. The zero-order chi connectivity index (χ0) is 11.4. The number of hydrogen-bond donors (Lipinski definition) is 1. The molecule has 2 heterocycles. The van der Waals surface area contributed by atoms with Gasteiger partial charge in [-0.05, 0) is 38.9 Å². The normalized spacial score (nSPS) is 14.9. The summed E-state index contributed by atoms with van der Waals surface area (Å²) in [6.45, 7) is 4.54. The van der Waals surface area contributed by atoms with Crippen molar-refractivity contribution in [3.8, 4) is 0 Å². The quantitative estimate of drug-likeness (QED) is 0.771. The van der Waals surface area contributed by atoms with Crippen LogP contribution in [0.2, 0.25) is 0 Å². The third-order valence-electron chi connectivity index (χ3n) is 2.91. The number of hydrogen-bond acceptors (Lipinski definition) is 4. The highest BCUT2D eigenvalue weighted by Gasteiger charge is 2.15. The second-order valence-corrected chi connectivity index (χ2v) is 4.16. The molecule has 2 rings (SSSR count). The molecule has 0 unspecified atom stereocenters. The number of rotatable bonds is 4. The van der Waals surface area contributed by atoms with Gasteiger partial charge in [0.25, 0.3) is 0 Å². The van der Waals surface area contributed by atoms with Crippen LogP contribution in [0.3, 0.4) is 0 Å². The van der Waals surface area contributed by atoms with Crippen molar-refractivity contribution >= 4 is 0 Å². The first kappa shape index (κ1) is 11.5. The van der Waals surface area contributed by atoms with Crippen molar-refractivity contribution < 1.29 is 4.74 Å². The van der Waals surface area contributed by atoms with Crippen molar-refractivity contribution in [3.63, 3.8) is 0 Å². The summed E-state index contributed by atoms with van der Waals surface area (Å²) in [5.74, 6) is 0.956. The molecule has 1 aliphatic rings. The number of aryl methyl sites for hydroxylation is 2. The van der Waals surface area contributed by atoms with Crippen LogP contribution in [0.15, 0.2) is 0 Å². The monoisotopic (exact) mass is 221 g/mol. The van der Waals surface area contributed by atoms with E-state index in [1.165, 1.54) is 5.56 Å². The highest BCUT2D eigenvalue weighted by atomic mass is 16.5. The van der Waals surface area contributed by atoms with Gasteiger partial charge in [-0.3, -0.25) is 0 Å². The molecule has 0 saturated carbocycles. The molecule has 0 bridgehead atoms. The average Bonchev–Trinajstić information content (AvgIpc) is 2.30. The van der Waals surface area contributed by atoms with Gasteiger partial charge in [-0.15, -0.1) is 0 Å². The minimum absolute atomic E-state index is 0.651. The lowest BCUT2D eigenvalue weighted by Crippen LogP contribution is -2.17. The Morgan fingerprint density at radius 2 is 2.25 bits per heavy atom. The second-order valence-electron chi connectivity index (χ2n) is 4.16. The molecule has 16 heavy (non-hydrogen) atoms. The van der Waals surface area contributed by atoms with E-state index >= 15 is 0 Å². The summed E-state index contributed by atoms with van der Waals surface area (Å²) in [5.41, 5.74) is 3.52. The highest BCUT2D eigenvalue weighted by Crippen LogP contribution is 2.17. The summed E-state index contributed by atoms with van der Waals surface area (Å²) in [4.78, 5) is 9.15. The van der Waals surface area contributed by atoms with Gasteiger partial charge in [0.15, 0.2) is 0 Å². The van der Waals surface area contributed by atoms with E-state index in [0.717, 1.165) is 49.6 Å². The molecule has 4 heteroatoms. The van der Waals surface area contributed by atoms with Crippen LogP contribution in [-0.4, -0.2) is 30.2 Å². The largest absolute Gasteiger partial charge is 0.375 e. The molecule has 0 aliphatic carbocycles. The summed E-state index contributed by atoms with van der Waals surface area (Å²) in [5, 5.41) is 3.13. The second kappa shape index (κ2) is 5.37. The number of nitrogens with zero attached hydrogens (tertiary/aromatic N) is 2. The van der Waals surface area contributed by atoms with E-state index in [1.807, 2.05) is 7.05 Å². The third kappa shape index (κ3) is 2.57. The molecule has 0 atom stereocenters. The van der Waals surface area contributed by atoms with E-state index in [9.17, 15) is 0 Å². The zero-order valence-electron chi connectivity index (χ0n) is 10.0. The van der Waals surface area contributed by atoms with Crippen molar-refractivity contribution in [1.82, 2.24) is 15.3 Å². The Morgan fingerprint density at radius 3 is 3.06 bits per heavy atom. The lowest BCUT2D eigenvalue weighted by molar-refractivity contribution is 0.106. The molecule has 4 nitrogen and oxygen atoms in total. The number of aromatic nitrogens is 2. The van der Waals surface area contributed by atoms with Crippen LogP contribution in [0.25, 0.3) is 0 Å². The van der Waals surface area contributed by atoms with Gasteiger partial charge in [-0.1, -0.05) is 0 Å². The number of fused-ring (bicyclic) bond motifs is 1. The SMILES string of the molecule is CNCCCc1nc(C)c2c(n1)COCC2. The smallest absolute Gasteiger partial charge is 0.129 e. The average molecular weight is 221 g/mol. The van der Waals surface area contributed by atoms with Gasteiger partial charge in [0.05, 0.1) is 18.9 Å². The minimum Gasteiger partial charge on any atom is -0.375 e. The van der Waals surface area contributed by atoms with E-state index in [1.54, 1.807) is 0 Å². The topological polar surface area (TPSA) is 47.0 Å². The standard InChI is InChI=1S/C12H19N3O/c1-9-10-5-7-16-8-11(10)15-12(14-9)4-3-6-13-2/h13H,3-8H2,1-2H3. The lowest BCUT2D eigenvalue weighted by Gasteiger charge is -2.18. The summed E-state index contributed by atoms with van der Waals surface area (Å²) in [6.07, 6.45) is 2.97. The van der Waals surface area contributed by atoms with Gasteiger partial charge in [-0.25, -0.2) is 9.97 Å². The van der Waals surface area contributed by atoms with Gasteiger partial charge in [0.1, 0.15) is 5.82 Å². The molecule has 1 N–H and O–H groups in total. The van der Waals surface area contributed by atoms with Crippen molar-refractivity contribution in [2.45, 2.75) is 32.8 Å². The summed E-state index contributed by atoms with van der Waals surface area (Å²) in [6, 6.07) is 0. The van der Waals surface area contributed by atoms with Crippen LogP contribution in [0.5, 0.6) is 0 Å². The molecule has 0 saturated heterocycles.